The molecule has 8 heteroatoms. The summed E-state index contributed by atoms with van der Waals surface area (Å²) in [5.41, 5.74) is 1.50. The Morgan fingerprint density at radius 2 is 2.05 bits per heavy atom. The van der Waals surface area contributed by atoms with Gasteiger partial charge in [-0.1, -0.05) is 0 Å². The van der Waals surface area contributed by atoms with Gasteiger partial charge in [0.25, 0.3) is 0 Å². The second-order valence-corrected chi connectivity index (χ2v) is 5.03. The SMILES string of the molecule is Cc1nn(C(F)F)c(C)c1CC(=O)N1CCCNCC1.Cl. The molecular weight excluding hydrogens is 302 g/mol. The number of aromatic nitrogens is 2. The standard InChI is InChI=1S/C13H20F2N4O.ClH/c1-9-11(10(2)19(17-9)13(14)15)8-12(20)18-6-3-4-16-5-7-18;/h13,16H,3-8H2,1-2H3;1H. The van der Waals surface area contributed by atoms with Crippen molar-refractivity contribution in [2.75, 3.05) is 26.2 Å². The lowest BCUT2D eigenvalue weighted by molar-refractivity contribution is -0.130. The molecule has 1 aromatic rings. The molecule has 0 bridgehead atoms. The number of carbonyl (C=O) groups is 1. The molecule has 1 amide bonds. The molecule has 5 nitrogen and oxygen atoms in total. The topological polar surface area (TPSA) is 50.2 Å². The molecule has 2 heterocycles. The molecule has 2 rings (SSSR count). The summed E-state index contributed by atoms with van der Waals surface area (Å²) in [5.74, 6) is -0.0197. The van der Waals surface area contributed by atoms with Gasteiger partial charge in [-0.25, -0.2) is 4.68 Å². The number of alkyl halides is 2. The van der Waals surface area contributed by atoms with Gasteiger partial charge < -0.3 is 10.2 Å². The van der Waals surface area contributed by atoms with Crippen molar-refractivity contribution in [3.63, 3.8) is 0 Å². The predicted octanol–water partition coefficient (Wildman–Crippen LogP) is 1.68. The lowest BCUT2D eigenvalue weighted by atomic mass is 10.1. The van der Waals surface area contributed by atoms with E-state index in [1.54, 1.807) is 18.7 Å². The minimum atomic E-state index is -2.67. The zero-order valence-corrected chi connectivity index (χ0v) is 13.1. The molecule has 1 N–H and O–H groups in total. The highest BCUT2D eigenvalue weighted by Gasteiger charge is 2.22. The molecule has 0 radical (unpaired) electrons. The predicted molar refractivity (Wildman–Crippen MR) is 78.0 cm³/mol. The summed E-state index contributed by atoms with van der Waals surface area (Å²) in [6.45, 7) is 3.65. The van der Waals surface area contributed by atoms with Crippen LogP contribution < -0.4 is 5.32 Å². The lowest BCUT2D eigenvalue weighted by Gasteiger charge is -2.20. The first kappa shape index (κ1) is 17.8. The summed E-state index contributed by atoms with van der Waals surface area (Å²) < 4.78 is 26.2. The molecule has 0 spiro atoms. The third kappa shape index (κ3) is 4.14. The summed E-state index contributed by atoms with van der Waals surface area (Å²) in [7, 11) is 0. The number of carbonyl (C=O) groups excluding carboxylic acids is 1. The molecule has 120 valence electrons. The molecule has 0 unspecified atom stereocenters. The summed E-state index contributed by atoms with van der Waals surface area (Å²) in [5, 5.41) is 7.04. The molecule has 1 fully saturated rings. The van der Waals surface area contributed by atoms with Crippen LogP contribution in [-0.4, -0.2) is 46.8 Å². The third-order valence-corrected chi connectivity index (χ3v) is 3.68. The number of halogens is 3. The van der Waals surface area contributed by atoms with Gasteiger partial charge >= 0.3 is 6.55 Å². The van der Waals surface area contributed by atoms with Gasteiger partial charge in [0, 0.05) is 30.9 Å². The van der Waals surface area contributed by atoms with Crippen molar-refractivity contribution in [2.45, 2.75) is 33.2 Å². The highest BCUT2D eigenvalue weighted by atomic mass is 35.5. The van der Waals surface area contributed by atoms with Crippen molar-refractivity contribution in [3.8, 4) is 0 Å². The maximum atomic E-state index is 12.8. The van der Waals surface area contributed by atoms with Crippen LogP contribution in [0, 0.1) is 13.8 Å². The van der Waals surface area contributed by atoms with E-state index in [2.05, 4.69) is 10.4 Å². The van der Waals surface area contributed by atoms with E-state index in [0.29, 0.717) is 34.7 Å². The molecule has 21 heavy (non-hydrogen) atoms. The average Bonchev–Trinajstić information content (AvgIpc) is 2.64. The van der Waals surface area contributed by atoms with Gasteiger partial charge in [0.15, 0.2) is 0 Å². The fourth-order valence-corrected chi connectivity index (χ4v) is 2.50. The van der Waals surface area contributed by atoms with E-state index in [1.807, 2.05) is 0 Å². The molecule has 1 aliphatic heterocycles. The van der Waals surface area contributed by atoms with Gasteiger partial charge in [-0.2, -0.15) is 13.9 Å². The summed E-state index contributed by atoms with van der Waals surface area (Å²) >= 11 is 0. The second kappa shape index (κ2) is 7.70. The van der Waals surface area contributed by atoms with E-state index in [4.69, 9.17) is 0 Å². The fourth-order valence-electron chi connectivity index (χ4n) is 2.50. The summed E-state index contributed by atoms with van der Waals surface area (Å²) in [6, 6.07) is 0. The number of amides is 1. The van der Waals surface area contributed by atoms with Crippen LogP contribution in [0.1, 0.15) is 29.9 Å². The maximum absolute atomic E-state index is 12.8. The smallest absolute Gasteiger partial charge is 0.333 e. The largest absolute Gasteiger partial charge is 0.341 e. The molecule has 0 aliphatic carbocycles. The molecular formula is C13H21ClF2N4O. The van der Waals surface area contributed by atoms with E-state index >= 15 is 0 Å². The molecule has 0 aromatic carbocycles. The molecule has 0 atom stereocenters. The first-order valence-electron chi connectivity index (χ1n) is 6.82. The van der Waals surface area contributed by atoms with Gasteiger partial charge in [0.2, 0.25) is 5.91 Å². The minimum Gasteiger partial charge on any atom is -0.341 e. The first-order valence-corrected chi connectivity index (χ1v) is 6.82. The Morgan fingerprint density at radius 1 is 1.33 bits per heavy atom. The summed E-state index contributed by atoms with van der Waals surface area (Å²) in [4.78, 5) is 14.1. The van der Waals surface area contributed by atoms with Crippen molar-refractivity contribution >= 4 is 18.3 Å². The number of hydrogen-bond donors (Lipinski definition) is 1. The normalized spacial score (nSPS) is 15.8. The quantitative estimate of drug-likeness (QED) is 0.921. The van der Waals surface area contributed by atoms with E-state index in [9.17, 15) is 13.6 Å². The van der Waals surface area contributed by atoms with Crippen LogP contribution in [0.15, 0.2) is 0 Å². The molecule has 1 saturated heterocycles. The monoisotopic (exact) mass is 322 g/mol. The fraction of sp³-hybridized carbons (Fsp3) is 0.692. The Morgan fingerprint density at radius 3 is 2.67 bits per heavy atom. The Hall–Kier alpha value is -1.21. The zero-order valence-electron chi connectivity index (χ0n) is 12.2. The second-order valence-electron chi connectivity index (χ2n) is 5.03. The zero-order chi connectivity index (χ0) is 14.7. The number of hydrogen-bond acceptors (Lipinski definition) is 3. The van der Waals surface area contributed by atoms with E-state index < -0.39 is 6.55 Å². The molecule has 1 aromatic heterocycles. The van der Waals surface area contributed by atoms with Crippen LogP contribution >= 0.6 is 12.4 Å². The van der Waals surface area contributed by atoms with Gasteiger partial charge in [-0.15, -0.1) is 12.4 Å². The van der Waals surface area contributed by atoms with Crippen LogP contribution in [0.3, 0.4) is 0 Å². The van der Waals surface area contributed by atoms with Crippen molar-refractivity contribution < 1.29 is 13.6 Å². The van der Waals surface area contributed by atoms with E-state index in [1.165, 1.54) is 0 Å². The van der Waals surface area contributed by atoms with Crippen LogP contribution in [0.5, 0.6) is 0 Å². The van der Waals surface area contributed by atoms with Crippen LogP contribution in [0.25, 0.3) is 0 Å². The third-order valence-electron chi connectivity index (χ3n) is 3.68. The number of nitrogens with zero attached hydrogens (tertiary/aromatic N) is 3. The van der Waals surface area contributed by atoms with Gasteiger partial charge in [-0.05, 0) is 26.8 Å². The first-order chi connectivity index (χ1) is 9.50. The lowest BCUT2D eigenvalue weighted by Crippen LogP contribution is -2.35. The average molecular weight is 323 g/mol. The molecule has 1 aliphatic rings. The highest BCUT2D eigenvalue weighted by Crippen LogP contribution is 2.20. The Balaban J connectivity index is 0.00000220. The number of aryl methyl sites for hydroxylation is 1. The van der Waals surface area contributed by atoms with Gasteiger partial charge in [-0.3, -0.25) is 4.79 Å². The van der Waals surface area contributed by atoms with Crippen LogP contribution in [-0.2, 0) is 11.2 Å². The van der Waals surface area contributed by atoms with Crippen molar-refractivity contribution in [2.24, 2.45) is 0 Å². The van der Waals surface area contributed by atoms with Gasteiger partial charge in [0.1, 0.15) is 0 Å². The number of rotatable bonds is 3. The summed E-state index contributed by atoms with van der Waals surface area (Å²) in [6.07, 6.45) is 1.06. The van der Waals surface area contributed by atoms with Gasteiger partial charge in [0.05, 0.1) is 12.1 Å². The highest BCUT2D eigenvalue weighted by molar-refractivity contribution is 5.85. The number of nitrogens with one attached hydrogen (secondary N) is 1. The minimum absolute atomic E-state index is 0. The van der Waals surface area contributed by atoms with Crippen LogP contribution in [0.4, 0.5) is 8.78 Å². The van der Waals surface area contributed by atoms with E-state index in [0.717, 1.165) is 19.5 Å². The Labute approximate surface area is 129 Å². The Kier molecular flexibility index (Phi) is 6.54. The van der Waals surface area contributed by atoms with Crippen molar-refractivity contribution in [3.05, 3.63) is 17.0 Å². The van der Waals surface area contributed by atoms with E-state index in [-0.39, 0.29) is 24.7 Å². The van der Waals surface area contributed by atoms with Crippen molar-refractivity contribution in [1.82, 2.24) is 20.0 Å². The Bertz CT molecular complexity index is 485. The maximum Gasteiger partial charge on any atom is 0.333 e. The molecule has 0 saturated carbocycles. The van der Waals surface area contributed by atoms with Crippen molar-refractivity contribution in [1.29, 1.82) is 0 Å². The van der Waals surface area contributed by atoms with Crippen LogP contribution in [0.2, 0.25) is 0 Å².